The Labute approximate surface area is 134 Å². The molecule has 0 aromatic heterocycles. The van der Waals surface area contributed by atoms with Crippen LogP contribution in [0.1, 0.15) is 40.5 Å². The summed E-state index contributed by atoms with van der Waals surface area (Å²) in [5.74, 6) is 0.354. The summed E-state index contributed by atoms with van der Waals surface area (Å²) in [4.78, 5) is 14.0. The quantitative estimate of drug-likeness (QED) is 0.779. The monoisotopic (exact) mass is 316 g/mol. The predicted molar refractivity (Wildman–Crippen MR) is 85.9 cm³/mol. The summed E-state index contributed by atoms with van der Waals surface area (Å²) in [7, 11) is 1.62. The highest BCUT2D eigenvalue weighted by Crippen LogP contribution is 2.22. The number of nitrogens with one attached hydrogen (secondary N) is 1. The molecule has 0 spiro atoms. The summed E-state index contributed by atoms with van der Waals surface area (Å²) in [6.07, 6.45) is 1.81. The summed E-state index contributed by atoms with van der Waals surface area (Å²) in [5.41, 5.74) is -0.464. The lowest BCUT2D eigenvalue weighted by molar-refractivity contribution is 0.0138. The molecule has 0 aromatic rings. The van der Waals surface area contributed by atoms with Gasteiger partial charge in [0.2, 0.25) is 0 Å². The third kappa shape index (κ3) is 6.50. The molecule has 3 unspecified atom stereocenters. The van der Waals surface area contributed by atoms with Crippen molar-refractivity contribution in [2.75, 3.05) is 33.4 Å². The maximum absolute atomic E-state index is 12.2. The largest absolute Gasteiger partial charge is 0.444 e. The van der Waals surface area contributed by atoms with Gasteiger partial charge in [-0.1, -0.05) is 0 Å². The maximum atomic E-state index is 12.2. The SMILES string of the molecule is COCC(CO)NC(C)C1CCCN(C(=O)OC(C)(C)C)C1. The highest BCUT2D eigenvalue weighted by molar-refractivity contribution is 5.68. The molecular formula is C16H32N2O4. The van der Waals surface area contributed by atoms with Crippen molar-refractivity contribution in [2.45, 2.75) is 58.2 Å². The number of aliphatic hydroxyl groups is 1. The molecule has 6 nitrogen and oxygen atoms in total. The predicted octanol–water partition coefficient (Wildman–Crippen LogP) is 1.62. The zero-order valence-electron chi connectivity index (χ0n) is 14.6. The van der Waals surface area contributed by atoms with Crippen LogP contribution in [0.4, 0.5) is 4.79 Å². The topological polar surface area (TPSA) is 71.0 Å². The molecule has 22 heavy (non-hydrogen) atoms. The fourth-order valence-electron chi connectivity index (χ4n) is 2.77. The van der Waals surface area contributed by atoms with E-state index in [4.69, 9.17) is 9.47 Å². The summed E-state index contributed by atoms with van der Waals surface area (Å²) in [6, 6.07) is 0.134. The Morgan fingerprint density at radius 2 is 2.14 bits per heavy atom. The van der Waals surface area contributed by atoms with Crippen molar-refractivity contribution in [1.29, 1.82) is 0 Å². The summed E-state index contributed by atoms with van der Waals surface area (Å²) in [5, 5.41) is 12.7. The number of hydrogen-bond acceptors (Lipinski definition) is 5. The van der Waals surface area contributed by atoms with Gasteiger partial charge in [-0.25, -0.2) is 4.79 Å². The lowest BCUT2D eigenvalue weighted by Gasteiger charge is -2.37. The third-order valence-corrected chi connectivity index (χ3v) is 3.90. The van der Waals surface area contributed by atoms with E-state index in [2.05, 4.69) is 12.2 Å². The number of carbonyl (C=O) groups is 1. The van der Waals surface area contributed by atoms with Crippen LogP contribution in [0.2, 0.25) is 0 Å². The van der Waals surface area contributed by atoms with Gasteiger partial charge in [-0.05, 0) is 46.5 Å². The van der Waals surface area contributed by atoms with Gasteiger partial charge in [0, 0.05) is 26.2 Å². The van der Waals surface area contributed by atoms with E-state index in [1.807, 2.05) is 20.8 Å². The van der Waals surface area contributed by atoms with Crippen LogP contribution in [-0.2, 0) is 9.47 Å². The van der Waals surface area contributed by atoms with E-state index >= 15 is 0 Å². The highest BCUT2D eigenvalue weighted by Gasteiger charge is 2.30. The lowest BCUT2D eigenvalue weighted by atomic mass is 9.91. The molecule has 1 saturated heterocycles. The van der Waals surface area contributed by atoms with Crippen molar-refractivity contribution in [2.24, 2.45) is 5.92 Å². The van der Waals surface area contributed by atoms with Crippen molar-refractivity contribution < 1.29 is 19.4 Å². The van der Waals surface area contributed by atoms with Crippen LogP contribution in [0.3, 0.4) is 0 Å². The smallest absolute Gasteiger partial charge is 0.410 e. The fourth-order valence-corrected chi connectivity index (χ4v) is 2.77. The lowest BCUT2D eigenvalue weighted by Crippen LogP contribution is -2.51. The van der Waals surface area contributed by atoms with Crippen LogP contribution in [-0.4, -0.2) is 67.2 Å². The molecular weight excluding hydrogens is 284 g/mol. The van der Waals surface area contributed by atoms with E-state index in [0.717, 1.165) is 19.4 Å². The Morgan fingerprint density at radius 1 is 1.45 bits per heavy atom. The maximum Gasteiger partial charge on any atom is 0.410 e. The second-order valence-corrected chi connectivity index (χ2v) is 7.12. The van der Waals surface area contributed by atoms with E-state index in [0.29, 0.717) is 19.1 Å². The van der Waals surface area contributed by atoms with Crippen LogP contribution in [0.25, 0.3) is 0 Å². The number of rotatable bonds is 6. The molecule has 1 fully saturated rings. The molecule has 2 N–H and O–H groups in total. The second kappa shape index (κ2) is 8.70. The van der Waals surface area contributed by atoms with Gasteiger partial charge in [-0.3, -0.25) is 0 Å². The van der Waals surface area contributed by atoms with E-state index in [1.54, 1.807) is 12.0 Å². The molecule has 1 rings (SSSR count). The van der Waals surface area contributed by atoms with Crippen LogP contribution >= 0.6 is 0 Å². The van der Waals surface area contributed by atoms with E-state index in [-0.39, 0.29) is 24.8 Å². The first-order valence-corrected chi connectivity index (χ1v) is 8.10. The molecule has 0 bridgehead atoms. The van der Waals surface area contributed by atoms with Crippen LogP contribution in [0.15, 0.2) is 0 Å². The Balaban J connectivity index is 2.53. The Hall–Kier alpha value is -0.850. The normalized spacial score (nSPS) is 22.3. The first kappa shape index (κ1) is 19.2. The molecule has 130 valence electrons. The average molecular weight is 316 g/mol. The van der Waals surface area contributed by atoms with Gasteiger partial charge in [-0.2, -0.15) is 0 Å². The minimum Gasteiger partial charge on any atom is -0.444 e. The number of ether oxygens (including phenoxy) is 2. The van der Waals surface area contributed by atoms with E-state index in [9.17, 15) is 9.90 Å². The number of nitrogens with zero attached hydrogens (tertiary/aromatic N) is 1. The summed E-state index contributed by atoms with van der Waals surface area (Å²) in [6.45, 7) is 9.70. The third-order valence-electron chi connectivity index (χ3n) is 3.90. The molecule has 0 aliphatic carbocycles. The van der Waals surface area contributed by atoms with Gasteiger partial charge >= 0.3 is 6.09 Å². The number of methoxy groups -OCH3 is 1. The van der Waals surface area contributed by atoms with Gasteiger partial charge in [0.15, 0.2) is 0 Å². The minimum absolute atomic E-state index is 0.0423. The van der Waals surface area contributed by atoms with Gasteiger partial charge in [0.05, 0.1) is 19.3 Å². The molecule has 1 heterocycles. The van der Waals surface area contributed by atoms with Crippen molar-refractivity contribution in [3.63, 3.8) is 0 Å². The van der Waals surface area contributed by atoms with Gasteiger partial charge in [-0.15, -0.1) is 0 Å². The van der Waals surface area contributed by atoms with Crippen LogP contribution in [0.5, 0.6) is 0 Å². The second-order valence-electron chi connectivity index (χ2n) is 7.12. The molecule has 0 aromatic carbocycles. The first-order valence-electron chi connectivity index (χ1n) is 8.10. The van der Waals surface area contributed by atoms with Crippen molar-refractivity contribution in [3.8, 4) is 0 Å². The van der Waals surface area contributed by atoms with Crippen molar-refractivity contribution in [1.82, 2.24) is 10.2 Å². The zero-order chi connectivity index (χ0) is 16.8. The molecule has 6 heteroatoms. The van der Waals surface area contributed by atoms with Crippen molar-refractivity contribution in [3.05, 3.63) is 0 Å². The molecule has 1 aliphatic heterocycles. The summed E-state index contributed by atoms with van der Waals surface area (Å²) >= 11 is 0. The molecule has 0 saturated carbocycles. The standard InChI is InChI=1S/C16H32N2O4/c1-12(17-14(10-19)11-21-5)13-7-6-8-18(9-13)15(20)22-16(2,3)4/h12-14,17,19H,6-11H2,1-5H3. The number of aliphatic hydroxyl groups excluding tert-OH is 1. The number of amides is 1. The van der Waals surface area contributed by atoms with Gasteiger partial charge in [0.25, 0.3) is 0 Å². The summed E-state index contributed by atoms with van der Waals surface area (Å²) < 4.78 is 10.5. The molecule has 3 atom stereocenters. The Kier molecular flexibility index (Phi) is 7.59. The van der Waals surface area contributed by atoms with Crippen LogP contribution < -0.4 is 5.32 Å². The average Bonchev–Trinajstić information content (AvgIpc) is 2.45. The van der Waals surface area contributed by atoms with E-state index < -0.39 is 5.60 Å². The number of hydrogen-bond donors (Lipinski definition) is 2. The molecule has 0 radical (unpaired) electrons. The Morgan fingerprint density at radius 3 is 2.68 bits per heavy atom. The van der Waals surface area contributed by atoms with Gasteiger partial charge in [0.1, 0.15) is 5.60 Å². The number of carbonyl (C=O) groups excluding carboxylic acids is 1. The first-order chi connectivity index (χ1) is 10.3. The minimum atomic E-state index is -0.464. The highest BCUT2D eigenvalue weighted by atomic mass is 16.6. The zero-order valence-corrected chi connectivity index (χ0v) is 14.6. The number of likely N-dealkylation sites (tertiary alicyclic amines) is 1. The van der Waals surface area contributed by atoms with Gasteiger partial charge < -0.3 is 24.8 Å². The fraction of sp³-hybridized carbons (Fsp3) is 0.938. The van der Waals surface area contributed by atoms with Crippen LogP contribution in [0, 0.1) is 5.92 Å². The van der Waals surface area contributed by atoms with E-state index in [1.165, 1.54) is 0 Å². The number of piperidine rings is 1. The molecule has 1 aliphatic rings. The molecule has 1 amide bonds. The Bertz CT molecular complexity index is 344. The van der Waals surface area contributed by atoms with Crippen molar-refractivity contribution >= 4 is 6.09 Å².